The molecule has 0 spiro atoms. The molecule has 3 rings (SSSR count). The van der Waals surface area contributed by atoms with Crippen LogP contribution in [0.5, 0.6) is 0 Å². The molecule has 0 fully saturated rings. The number of hydrogen-bond acceptors (Lipinski definition) is 8. The number of esters is 1. The lowest BCUT2D eigenvalue weighted by Gasteiger charge is -2.08. The van der Waals surface area contributed by atoms with E-state index in [4.69, 9.17) is 9.88 Å². The van der Waals surface area contributed by atoms with E-state index < -0.39 is 37.0 Å². The highest BCUT2D eigenvalue weighted by molar-refractivity contribution is 7.92. The number of nitrogens with two attached hydrogens (primary N) is 1. The molecule has 10 nitrogen and oxygen atoms in total. The Bertz CT molecular complexity index is 1530. The van der Waals surface area contributed by atoms with E-state index in [1.165, 1.54) is 42.0 Å². The van der Waals surface area contributed by atoms with Crippen LogP contribution in [0.1, 0.15) is 19.4 Å². The van der Waals surface area contributed by atoms with E-state index in [9.17, 15) is 26.4 Å². The zero-order chi connectivity index (χ0) is 25.3. The first-order valence-corrected chi connectivity index (χ1v) is 13.9. The summed E-state index contributed by atoms with van der Waals surface area (Å²) in [5, 5.41) is 4.63. The number of sulfone groups is 1. The second-order valence-corrected chi connectivity index (χ2v) is 12.7. The Morgan fingerprint density at radius 3 is 2.24 bits per heavy atom. The van der Waals surface area contributed by atoms with Crippen LogP contribution in [-0.2, 0) is 47.2 Å². The van der Waals surface area contributed by atoms with Crippen molar-refractivity contribution in [3.8, 4) is 0 Å². The Hall–Kier alpha value is -2.87. The average Bonchev–Trinajstić information content (AvgIpc) is 3.09. The van der Waals surface area contributed by atoms with E-state index >= 15 is 0 Å². The van der Waals surface area contributed by atoms with Gasteiger partial charge in [-0.05, 0) is 49.7 Å². The van der Waals surface area contributed by atoms with Crippen molar-refractivity contribution >= 4 is 53.3 Å². The molecule has 34 heavy (non-hydrogen) atoms. The summed E-state index contributed by atoms with van der Waals surface area (Å²) < 4.78 is 54.5. The summed E-state index contributed by atoms with van der Waals surface area (Å²) in [5.74, 6) is -1.11. The maximum absolute atomic E-state index is 12.7. The Morgan fingerprint density at radius 2 is 1.68 bits per heavy atom. The van der Waals surface area contributed by atoms with Crippen molar-refractivity contribution in [2.24, 2.45) is 10.1 Å². The highest BCUT2D eigenvalue weighted by Gasteiger charge is 2.19. The Morgan fingerprint density at radius 1 is 1.06 bits per heavy atom. The van der Waals surface area contributed by atoms with Crippen molar-refractivity contribution in [3.63, 3.8) is 0 Å². The summed E-state index contributed by atoms with van der Waals surface area (Å²) >= 11 is 1.02. The van der Waals surface area contributed by atoms with Gasteiger partial charge in [0.15, 0.2) is 14.6 Å². The number of nitrogens with zero attached hydrogens (tertiary/aromatic N) is 2. The molecule has 2 aromatic carbocycles. The van der Waals surface area contributed by atoms with E-state index in [1.807, 2.05) is 0 Å². The molecule has 0 saturated carbocycles. The number of thiazole rings is 1. The Kier molecular flexibility index (Phi) is 7.41. The predicted molar refractivity (Wildman–Crippen MR) is 126 cm³/mol. The maximum Gasteiger partial charge on any atom is 0.325 e. The second kappa shape index (κ2) is 9.78. The first kappa shape index (κ1) is 25.7. The summed E-state index contributed by atoms with van der Waals surface area (Å²) in [4.78, 5) is 28.9. The van der Waals surface area contributed by atoms with Crippen molar-refractivity contribution in [2.45, 2.75) is 41.9 Å². The predicted octanol–water partition coefficient (Wildman–Crippen LogP) is 1.38. The van der Waals surface area contributed by atoms with Gasteiger partial charge in [0.2, 0.25) is 10.0 Å². The zero-order valence-corrected chi connectivity index (χ0v) is 21.0. The molecule has 0 unspecified atom stereocenters. The summed E-state index contributed by atoms with van der Waals surface area (Å²) in [5.41, 5.74) is 1.05. The topological polar surface area (TPSA) is 155 Å². The van der Waals surface area contributed by atoms with Gasteiger partial charge in [-0.2, -0.15) is 4.99 Å². The SMILES string of the molecule is COC(=O)Cn1c(=NC(=O)Cc2ccc(S(=O)(=O)C(C)C)cc2)sc2cc(S(N)(=O)=O)ccc21. The van der Waals surface area contributed by atoms with Crippen molar-refractivity contribution in [2.75, 3.05) is 7.11 Å². The fraction of sp³-hybridized carbons (Fsp3) is 0.286. The van der Waals surface area contributed by atoms with E-state index in [2.05, 4.69) is 4.99 Å². The van der Waals surface area contributed by atoms with Crippen molar-refractivity contribution in [3.05, 3.63) is 52.8 Å². The lowest BCUT2D eigenvalue weighted by molar-refractivity contribution is -0.141. The van der Waals surface area contributed by atoms with Crippen molar-refractivity contribution in [1.82, 2.24) is 4.57 Å². The molecule has 1 aromatic heterocycles. The van der Waals surface area contributed by atoms with Gasteiger partial charge in [0.05, 0.1) is 38.8 Å². The van der Waals surface area contributed by atoms with Gasteiger partial charge in [-0.3, -0.25) is 9.59 Å². The number of amides is 1. The third-order valence-corrected chi connectivity index (χ3v) is 9.07. The minimum Gasteiger partial charge on any atom is -0.468 e. The number of sulfonamides is 1. The molecule has 0 bridgehead atoms. The van der Waals surface area contributed by atoms with Crippen LogP contribution < -0.4 is 9.94 Å². The van der Waals surface area contributed by atoms with Gasteiger partial charge in [-0.1, -0.05) is 23.5 Å². The molecule has 3 aromatic rings. The molecule has 13 heteroatoms. The fourth-order valence-electron chi connectivity index (χ4n) is 3.05. The summed E-state index contributed by atoms with van der Waals surface area (Å²) in [7, 11) is -6.14. The minimum atomic E-state index is -3.94. The molecule has 182 valence electrons. The molecule has 1 amide bonds. The molecular formula is C21H23N3O7S3. The normalized spacial score (nSPS) is 12.9. The van der Waals surface area contributed by atoms with Crippen LogP contribution in [0.3, 0.4) is 0 Å². The number of rotatable bonds is 7. The number of fused-ring (bicyclic) bond motifs is 1. The number of primary sulfonamides is 1. The van der Waals surface area contributed by atoms with Crippen LogP contribution >= 0.6 is 11.3 Å². The average molecular weight is 526 g/mol. The number of carbonyl (C=O) groups excluding carboxylic acids is 2. The Labute approximate surface area is 200 Å². The van der Waals surface area contributed by atoms with Gasteiger partial charge < -0.3 is 9.30 Å². The van der Waals surface area contributed by atoms with Crippen LogP contribution in [0.4, 0.5) is 0 Å². The van der Waals surface area contributed by atoms with Crippen LogP contribution in [0.15, 0.2) is 57.2 Å². The van der Waals surface area contributed by atoms with Gasteiger partial charge in [0.25, 0.3) is 5.91 Å². The van der Waals surface area contributed by atoms with Crippen LogP contribution in [-0.4, -0.2) is 45.6 Å². The first-order chi connectivity index (χ1) is 15.8. The maximum atomic E-state index is 12.7. The fourth-order valence-corrected chi connectivity index (χ4v) is 5.81. The largest absolute Gasteiger partial charge is 0.468 e. The van der Waals surface area contributed by atoms with Gasteiger partial charge in [-0.15, -0.1) is 0 Å². The second-order valence-electron chi connectivity index (χ2n) is 7.64. The third-order valence-electron chi connectivity index (χ3n) is 4.95. The number of carbonyl (C=O) groups is 2. The number of aromatic nitrogens is 1. The van der Waals surface area contributed by atoms with Crippen LogP contribution in [0.25, 0.3) is 10.2 Å². The zero-order valence-electron chi connectivity index (χ0n) is 18.6. The number of ether oxygens (including phenoxy) is 1. The standard InChI is InChI=1S/C21H23N3O7S3/c1-13(2)33(27,28)15-6-4-14(5-7-15)10-19(25)23-21-24(12-20(26)31-3)17-9-8-16(34(22,29)30)11-18(17)32-21/h4-9,11,13H,10,12H2,1-3H3,(H2,22,29,30). The molecule has 2 N–H and O–H groups in total. The van der Waals surface area contributed by atoms with Crippen LogP contribution in [0, 0.1) is 0 Å². The Balaban J connectivity index is 1.98. The van der Waals surface area contributed by atoms with Crippen LogP contribution in [0.2, 0.25) is 0 Å². The van der Waals surface area contributed by atoms with Crippen molar-refractivity contribution < 1.29 is 31.2 Å². The van der Waals surface area contributed by atoms with Gasteiger partial charge in [0.1, 0.15) is 6.54 Å². The molecule has 0 aliphatic rings. The molecule has 0 radical (unpaired) electrons. The van der Waals surface area contributed by atoms with Gasteiger partial charge in [0, 0.05) is 0 Å². The van der Waals surface area contributed by atoms with Gasteiger partial charge >= 0.3 is 5.97 Å². The van der Waals surface area contributed by atoms with E-state index in [-0.39, 0.29) is 27.6 Å². The summed E-state index contributed by atoms with van der Waals surface area (Å²) in [6, 6.07) is 10.1. The van der Waals surface area contributed by atoms with E-state index in [0.29, 0.717) is 15.8 Å². The number of methoxy groups -OCH3 is 1. The first-order valence-electron chi connectivity index (χ1n) is 9.96. The minimum absolute atomic E-state index is 0.100. The number of benzene rings is 2. The molecule has 0 aliphatic carbocycles. The monoisotopic (exact) mass is 525 g/mol. The van der Waals surface area contributed by atoms with E-state index in [1.54, 1.807) is 26.0 Å². The summed E-state index contributed by atoms with van der Waals surface area (Å²) in [6.45, 7) is 2.94. The smallest absolute Gasteiger partial charge is 0.325 e. The molecule has 0 aliphatic heterocycles. The summed E-state index contributed by atoms with van der Waals surface area (Å²) in [6.07, 6.45) is -0.100. The lowest BCUT2D eigenvalue weighted by Crippen LogP contribution is -2.22. The van der Waals surface area contributed by atoms with Gasteiger partial charge in [-0.25, -0.2) is 22.0 Å². The highest BCUT2D eigenvalue weighted by Crippen LogP contribution is 2.22. The van der Waals surface area contributed by atoms with Crippen molar-refractivity contribution in [1.29, 1.82) is 0 Å². The molecule has 1 heterocycles. The molecule has 0 atom stereocenters. The molecular weight excluding hydrogens is 502 g/mol. The third kappa shape index (κ3) is 5.60. The molecule has 0 saturated heterocycles. The quantitative estimate of drug-likeness (QED) is 0.457. The number of hydrogen-bond donors (Lipinski definition) is 1. The lowest BCUT2D eigenvalue weighted by atomic mass is 10.1. The van der Waals surface area contributed by atoms with E-state index in [0.717, 1.165) is 11.3 Å². The highest BCUT2D eigenvalue weighted by atomic mass is 32.2.